The second kappa shape index (κ2) is 20.1. The maximum absolute atomic E-state index is 13.0. The van der Waals surface area contributed by atoms with Crippen LogP contribution in [0, 0.1) is 0 Å². The van der Waals surface area contributed by atoms with E-state index in [0.717, 1.165) is 37.5 Å². The van der Waals surface area contributed by atoms with Gasteiger partial charge in [-0.2, -0.15) is 8.62 Å². The second-order valence-corrected chi connectivity index (χ2v) is 23.2. The average molecular weight is 1050 g/mol. The van der Waals surface area contributed by atoms with Gasteiger partial charge in [0.25, 0.3) is 5.56 Å². The Morgan fingerprint density at radius 2 is 1.81 bits per heavy atom. The summed E-state index contributed by atoms with van der Waals surface area (Å²) in [6.07, 6.45) is -1.10. The molecule has 0 bridgehead atoms. The molecule has 1 aromatic heterocycles. The van der Waals surface area contributed by atoms with Gasteiger partial charge in [0.1, 0.15) is 42.4 Å². The molecular formula is C39H51N6O20P3S. The number of benzene rings is 2. The van der Waals surface area contributed by atoms with E-state index in [1.807, 2.05) is 37.0 Å². The SMILES string of the molecule is CC[N+]1=c2cc3c(cc2CCC1)=Nc1cc2c(cc1O3)N(CCCC(=O)NC/C=C/c1cn([C@@H]3O[C@H](COP(=O)(O)OP(=O)(O)OP(=O)(O)O)[C@@H](O)[C@H]3O)c(=O)[nH]c1=O)C(C)(C)CC2CS(=O)(=O)[O-]. The van der Waals surface area contributed by atoms with Crippen LogP contribution in [0.15, 0.2) is 51.1 Å². The number of hydrogen-bond acceptors (Lipinski definition) is 18. The summed E-state index contributed by atoms with van der Waals surface area (Å²) in [5.74, 6) is -0.549. The van der Waals surface area contributed by atoms with Gasteiger partial charge in [0.2, 0.25) is 11.3 Å². The lowest BCUT2D eigenvalue weighted by Gasteiger charge is -2.48. The van der Waals surface area contributed by atoms with E-state index < -0.39 is 93.2 Å². The molecule has 378 valence electrons. The molecule has 26 nitrogen and oxygen atoms in total. The van der Waals surface area contributed by atoms with E-state index >= 15 is 0 Å². The summed E-state index contributed by atoms with van der Waals surface area (Å²) >= 11 is 0. The molecule has 1 amide bonds. The Kier molecular flexibility index (Phi) is 15.3. The van der Waals surface area contributed by atoms with Crippen molar-refractivity contribution in [2.24, 2.45) is 4.99 Å². The summed E-state index contributed by atoms with van der Waals surface area (Å²) in [4.78, 5) is 83.9. The van der Waals surface area contributed by atoms with E-state index in [2.05, 4.69) is 34.9 Å². The van der Waals surface area contributed by atoms with E-state index in [0.29, 0.717) is 57.7 Å². The van der Waals surface area contributed by atoms with Crippen LogP contribution in [0.25, 0.3) is 6.08 Å². The molecule has 1 saturated heterocycles. The Morgan fingerprint density at radius 3 is 2.51 bits per heavy atom. The van der Waals surface area contributed by atoms with Crippen molar-refractivity contribution in [1.29, 1.82) is 0 Å². The van der Waals surface area contributed by atoms with E-state index in [9.17, 15) is 61.0 Å². The summed E-state index contributed by atoms with van der Waals surface area (Å²) in [5, 5.41) is 25.6. The zero-order valence-corrected chi connectivity index (χ0v) is 40.6. The predicted octanol–water partition coefficient (Wildman–Crippen LogP) is 0.241. The number of amides is 1. The molecule has 0 radical (unpaired) electrons. The number of aryl methyl sites for hydroxylation is 1. The van der Waals surface area contributed by atoms with Crippen molar-refractivity contribution in [3.8, 4) is 11.5 Å². The van der Waals surface area contributed by atoms with Gasteiger partial charge in [-0.25, -0.2) is 36.5 Å². The summed E-state index contributed by atoms with van der Waals surface area (Å²) in [7, 11) is -21.8. The number of phosphoric ester groups is 1. The number of carbonyl (C=O) groups is 1. The molecule has 3 unspecified atom stereocenters. The van der Waals surface area contributed by atoms with Crippen molar-refractivity contribution in [1.82, 2.24) is 19.4 Å². The number of fused-ring (bicyclic) bond motifs is 4. The number of aliphatic hydroxyl groups is 2. The number of aromatic amines is 1. The van der Waals surface area contributed by atoms with Crippen LogP contribution in [-0.4, -0.2) is 121 Å². The lowest BCUT2D eigenvalue weighted by atomic mass is 9.79. The Balaban J connectivity index is 0.986. The third-order valence-corrected chi connectivity index (χ3v) is 16.5. The van der Waals surface area contributed by atoms with Gasteiger partial charge < -0.3 is 54.0 Å². The maximum Gasteiger partial charge on any atom is 0.490 e. The van der Waals surface area contributed by atoms with Crippen molar-refractivity contribution >= 4 is 56.9 Å². The van der Waals surface area contributed by atoms with Gasteiger partial charge in [-0.15, -0.1) is 0 Å². The van der Waals surface area contributed by atoms with Gasteiger partial charge in [-0.3, -0.25) is 23.7 Å². The molecule has 7 atom stereocenters. The van der Waals surface area contributed by atoms with Crippen LogP contribution in [0.5, 0.6) is 11.5 Å². The molecule has 69 heavy (non-hydrogen) atoms. The average Bonchev–Trinajstić information content (AvgIpc) is 3.50. The topological polar surface area (TPSA) is 379 Å². The highest BCUT2D eigenvalue weighted by Crippen LogP contribution is 2.66. The summed E-state index contributed by atoms with van der Waals surface area (Å²) in [5.41, 5.74) is 0.127. The minimum absolute atomic E-state index is 0.0469. The zero-order chi connectivity index (χ0) is 50.4. The molecule has 3 aromatic rings. The first-order valence-electron chi connectivity index (χ1n) is 21.4. The molecule has 0 aliphatic carbocycles. The zero-order valence-electron chi connectivity index (χ0n) is 37.1. The molecule has 5 heterocycles. The number of phosphoric acid groups is 3. The fourth-order valence-corrected chi connectivity index (χ4v) is 12.7. The Hall–Kier alpha value is -4.27. The highest BCUT2D eigenvalue weighted by Gasteiger charge is 2.47. The monoisotopic (exact) mass is 1050 g/mol. The smallest absolute Gasteiger partial charge is 0.490 e. The minimum Gasteiger partial charge on any atom is -0.748 e. The van der Waals surface area contributed by atoms with E-state index in [-0.39, 0.29) is 24.4 Å². The molecule has 0 saturated carbocycles. The van der Waals surface area contributed by atoms with Crippen molar-refractivity contribution in [3.63, 3.8) is 0 Å². The summed E-state index contributed by atoms with van der Waals surface area (Å²) in [6.45, 7) is 6.84. The van der Waals surface area contributed by atoms with Gasteiger partial charge in [-0.05, 0) is 57.7 Å². The normalized spacial score (nSPS) is 23.7. The molecule has 4 aliphatic rings. The third-order valence-electron chi connectivity index (χ3n) is 11.9. The van der Waals surface area contributed by atoms with Gasteiger partial charge >= 0.3 is 29.2 Å². The van der Waals surface area contributed by atoms with Gasteiger partial charge in [0, 0.05) is 66.7 Å². The van der Waals surface area contributed by atoms with E-state index in [4.69, 9.17) is 24.3 Å². The molecule has 1 fully saturated rings. The number of carbonyl (C=O) groups excluding carboxylic acids is 1. The number of rotatable bonds is 18. The predicted molar refractivity (Wildman–Crippen MR) is 240 cm³/mol. The lowest BCUT2D eigenvalue weighted by molar-refractivity contribution is -0.120. The fraction of sp³-hybridized carbons (Fsp3) is 0.513. The number of hydrogen-bond donors (Lipinski definition) is 8. The number of nitrogens with zero attached hydrogens (tertiary/aromatic N) is 4. The molecule has 0 spiro atoms. The van der Waals surface area contributed by atoms with Crippen LogP contribution in [0.4, 0.5) is 11.4 Å². The first-order chi connectivity index (χ1) is 32.1. The first kappa shape index (κ1) is 52.6. The molecule has 4 aliphatic heterocycles. The largest absolute Gasteiger partial charge is 0.748 e. The number of aromatic nitrogens is 2. The van der Waals surface area contributed by atoms with E-state index in [1.54, 1.807) is 6.07 Å². The number of H-pyrrole nitrogens is 1. The number of nitrogens with one attached hydrogen (secondary N) is 2. The van der Waals surface area contributed by atoms with Crippen LogP contribution < -0.4 is 41.5 Å². The molecule has 8 N–H and O–H groups in total. The minimum atomic E-state index is -5.86. The van der Waals surface area contributed by atoms with Crippen molar-refractivity contribution in [2.75, 3.05) is 43.4 Å². The highest BCUT2D eigenvalue weighted by molar-refractivity contribution is 7.85. The van der Waals surface area contributed by atoms with Crippen molar-refractivity contribution < 1.29 is 83.9 Å². The van der Waals surface area contributed by atoms with E-state index in [1.165, 1.54) is 17.7 Å². The second-order valence-electron chi connectivity index (χ2n) is 17.3. The molecule has 30 heteroatoms. The Labute approximate surface area is 392 Å². The Morgan fingerprint density at radius 1 is 1.07 bits per heavy atom. The fourth-order valence-electron chi connectivity index (χ4n) is 8.91. The highest BCUT2D eigenvalue weighted by atomic mass is 32.2. The number of aliphatic hydroxyl groups excluding tert-OH is 2. The molecule has 2 aromatic carbocycles. The van der Waals surface area contributed by atoms with Crippen molar-refractivity contribution in [3.05, 3.63) is 84.8 Å². The van der Waals surface area contributed by atoms with Crippen LogP contribution >= 0.6 is 23.5 Å². The van der Waals surface area contributed by atoms with Crippen LogP contribution in [-0.2, 0) is 52.9 Å². The van der Waals surface area contributed by atoms with Crippen LogP contribution in [0.3, 0.4) is 0 Å². The van der Waals surface area contributed by atoms with Gasteiger partial charge in [0.05, 0.1) is 28.4 Å². The molecule has 7 rings (SSSR count). The third kappa shape index (κ3) is 12.6. The number of anilines is 1. The van der Waals surface area contributed by atoms with Gasteiger partial charge in [-0.1, -0.05) is 12.2 Å². The maximum atomic E-state index is 13.0. The van der Waals surface area contributed by atoms with Crippen LogP contribution in [0.1, 0.15) is 75.3 Å². The molecular weight excluding hydrogens is 997 g/mol. The van der Waals surface area contributed by atoms with Crippen molar-refractivity contribution in [2.45, 2.75) is 88.9 Å². The van der Waals surface area contributed by atoms with Crippen LogP contribution in [0.2, 0.25) is 0 Å². The standard InChI is InChI=1S/C39H51N6O20P3S/c1-4-43-12-6-9-22-14-26-30(16-28(22)43)62-31-17-29-25(15-27(31)41-26)24(21-69(58,59)60)18-39(2,3)45(29)13-7-10-33(46)40-11-5-8-23-19-44(38(50)42-36(23)49)37-35(48)34(47)32(63-37)20-61-67(54,55)65-68(56,57)64-66(51,52)53/h5,8,14-17,19,24,32,34-35,37,47-48H,4,6-7,9-13,18,20-21H2,1-3H3,(H6-,40,42,46,49,50,51,52,53,54,55,56,57,58,59,60)/b8-5+/t24?,32-,34-,35-,37-/m1/s1. The quantitative estimate of drug-likeness (QED) is 0.0376. The Bertz CT molecular complexity index is 3070. The summed E-state index contributed by atoms with van der Waals surface area (Å²) < 4.78 is 97.6. The lowest BCUT2D eigenvalue weighted by Crippen LogP contribution is -2.50. The number of ether oxygens (including phenoxy) is 2. The first-order valence-corrected chi connectivity index (χ1v) is 27.5. The van der Waals surface area contributed by atoms with Gasteiger partial charge in [0.15, 0.2) is 17.7 Å². The summed E-state index contributed by atoms with van der Waals surface area (Å²) in [6, 6.07) is 7.62.